The molecule has 0 fully saturated rings. The van der Waals surface area contributed by atoms with Crippen LogP contribution in [0, 0.1) is 0 Å². The van der Waals surface area contributed by atoms with Gasteiger partial charge in [-0.3, -0.25) is 4.79 Å². The first-order valence-electron chi connectivity index (χ1n) is 6.51. The molecule has 1 aromatic heterocycles. The summed E-state index contributed by atoms with van der Waals surface area (Å²) in [5.41, 5.74) is 7.39. The van der Waals surface area contributed by atoms with Crippen LogP contribution >= 0.6 is 11.8 Å². The lowest BCUT2D eigenvalue weighted by Gasteiger charge is -2.08. The Morgan fingerprint density at radius 3 is 2.95 bits per heavy atom. The van der Waals surface area contributed by atoms with Crippen molar-refractivity contribution in [3.63, 3.8) is 0 Å². The summed E-state index contributed by atoms with van der Waals surface area (Å²) in [4.78, 5) is 16.4. The van der Waals surface area contributed by atoms with Crippen molar-refractivity contribution in [2.45, 2.75) is 31.9 Å². The van der Waals surface area contributed by atoms with Crippen molar-refractivity contribution in [2.24, 2.45) is 0 Å². The number of thioether (sulfide) groups is 1. The molecule has 5 heteroatoms. The molecule has 0 saturated carbocycles. The highest BCUT2D eigenvalue weighted by Crippen LogP contribution is 2.19. The molecular formula is C14H19N3OS. The number of rotatable bonds is 5. The van der Waals surface area contributed by atoms with Gasteiger partial charge in [0.25, 0.3) is 0 Å². The summed E-state index contributed by atoms with van der Waals surface area (Å²) in [6.07, 6.45) is 1.61. The molecule has 19 heavy (non-hydrogen) atoms. The van der Waals surface area contributed by atoms with E-state index in [0.29, 0.717) is 11.7 Å². The van der Waals surface area contributed by atoms with Gasteiger partial charge < -0.3 is 5.73 Å². The number of para-hydroxylation sites is 2. The van der Waals surface area contributed by atoms with Crippen LogP contribution in [0.25, 0.3) is 11.0 Å². The summed E-state index contributed by atoms with van der Waals surface area (Å²) in [6.45, 7) is 4.33. The molecule has 1 atom stereocenters. The fourth-order valence-corrected chi connectivity index (χ4v) is 2.81. The van der Waals surface area contributed by atoms with Crippen molar-refractivity contribution >= 4 is 34.7 Å². The number of carbonyl (C=O) groups excluding carboxylic acids is 1. The van der Waals surface area contributed by atoms with E-state index in [-0.39, 0.29) is 11.9 Å². The van der Waals surface area contributed by atoms with Crippen molar-refractivity contribution in [1.82, 2.24) is 9.55 Å². The smallest absolute Gasteiger partial charge is 0.234 e. The quantitative estimate of drug-likeness (QED) is 0.911. The highest BCUT2D eigenvalue weighted by atomic mass is 32.2. The number of nitrogen functional groups attached to an aromatic ring is 1. The summed E-state index contributed by atoms with van der Waals surface area (Å²) in [7, 11) is 0. The van der Waals surface area contributed by atoms with Crippen LogP contribution in [0.4, 0.5) is 5.95 Å². The molecule has 0 bridgehead atoms. The molecule has 4 nitrogen and oxygen atoms in total. The van der Waals surface area contributed by atoms with Gasteiger partial charge in [-0.1, -0.05) is 26.0 Å². The topological polar surface area (TPSA) is 60.9 Å². The van der Waals surface area contributed by atoms with Gasteiger partial charge in [0.2, 0.25) is 11.9 Å². The van der Waals surface area contributed by atoms with Crippen LogP contribution in [0.2, 0.25) is 0 Å². The molecule has 0 spiro atoms. The lowest BCUT2D eigenvalue weighted by atomic mass is 10.3. The number of anilines is 1. The first-order chi connectivity index (χ1) is 9.13. The fraction of sp³-hybridized carbons (Fsp3) is 0.429. The average Bonchev–Trinajstić information content (AvgIpc) is 2.74. The maximum atomic E-state index is 12.2. The third-order valence-electron chi connectivity index (χ3n) is 3.13. The Morgan fingerprint density at radius 1 is 1.47 bits per heavy atom. The lowest BCUT2D eigenvalue weighted by Crippen LogP contribution is -2.14. The largest absolute Gasteiger partial charge is 0.369 e. The SMILES string of the molecule is CCC(C)SCCC(=O)n1c(N)nc2ccccc21. The van der Waals surface area contributed by atoms with Gasteiger partial charge in [-0.2, -0.15) is 11.8 Å². The predicted octanol–water partition coefficient (Wildman–Crippen LogP) is 3.18. The van der Waals surface area contributed by atoms with Crippen LogP contribution in [-0.2, 0) is 0 Å². The van der Waals surface area contributed by atoms with Crippen molar-refractivity contribution in [3.8, 4) is 0 Å². The summed E-state index contributed by atoms with van der Waals surface area (Å²) in [5, 5.41) is 0.588. The highest BCUT2D eigenvalue weighted by molar-refractivity contribution is 7.99. The third-order valence-corrected chi connectivity index (χ3v) is 4.47. The number of carbonyl (C=O) groups is 1. The van der Waals surface area contributed by atoms with Crippen LogP contribution in [-0.4, -0.2) is 26.5 Å². The van der Waals surface area contributed by atoms with E-state index >= 15 is 0 Å². The first kappa shape index (κ1) is 13.9. The van der Waals surface area contributed by atoms with Gasteiger partial charge in [0, 0.05) is 17.4 Å². The Labute approximate surface area is 117 Å². The van der Waals surface area contributed by atoms with Gasteiger partial charge in [-0.25, -0.2) is 9.55 Å². The number of aromatic nitrogens is 2. The summed E-state index contributed by atoms with van der Waals surface area (Å²) >= 11 is 1.82. The van der Waals surface area contributed by atoms with Crippen LogP contribution in [0.3, 0.4) is 0 Å². The normalized spacial score (nSPS) is 12.7. The molecule has 2 rings (SSSR count). The minimum absolute atomic E-state index is 0.0157. The molecule has 1 heterocycles. The number of benzene rings is 1. The third kappa shape index (κ3) is 3.10. The Hall–Kier alpha value is -1.49. The molecule has 0 amide bonds. The number of hydrogen-bond donors (Lipinski definition) is 1. The van der Waals surface area contributed by atoms with E-state index in [2.05, 4.69) is 18.8 Å². The molecule has 1 aromatic carbocycles. The predicted molar refractivity (Wildman–Crippen MR) is 81.6 cm³/mol. The lowest BCUT2D eigenvalue weighted by molar-refractivity contribution is 0.0917. The van der Waals surface area contributed by atoms with Crippen molar-refractivity contribution < 1.29 is 4.79 Å². The van der Waals surface area contributed by atoms with Gasteiger partial charge >= 0.3 is 0 Å². The standard InChI is InChI=1S/C14H19N3OS/c1-3-10(2)19-9-8-13(18)17-12-7-5-4-6-11(12)16-14(17)15/h4-7,10H,3,8-9H2,1-2H3,(H2,15,16). The monoisotopic (exact) mass is 277 g/mol. The van der Waals surface area contributed by atoms with Crippen LogP contribution in [0.15, 0.2) is 24.3 Å². The maximum Gasteiger partial charge on any atom is 0.234 e. The van der Waals surface area contributed by atoms with Crippen molar-refractivity contribution in [1.29, 1.82) is 0 Å². The Balaban J connectivity index is 2.11. The maximum absolute atomic E-state index is 12.2. The second kappa shape index (κ2) is 6.10. The van der Waals surface area contributed by atoms with Gasteiger partial charge in [-0.15, -0.1) is 0 Å². The second-order valence-electron chi connectivity index (χ2n) is 4.53. The molecule has 0 radical (unpaired) electrons. The number of nitrogens with two attached hydrogens (primary N) is 1. The van der Waals surface area contributed by atoms with Crippen molar-refractivity contribution in [3.05, 3.63) is 24.3 Å². The molecule has 0 aliphatic heterocycles. The van der Waals surface area contributed by atoms with Crippen LogP contribution in [0.5, 0.6) is 0 Å². The number of nitrogens with zero attached hydrogens (tertiary/aromatic N) is 2. The van der Waals surface area contributed by atoms with Crippen LogP contribution in [0.1, 0.15) is 31.5 Å². The Morgan fingerprint density at radius 2 is 2.21 bits per heavy atom. The molecule has 2 N–H and O–H groups in total. The first-order valence-corrected chi connectivity index (χ1v) is 7.56. The number of imidazole rings is 1. The summed E-state index contributed by atoms with van der Waals surface area (Å²) in [6, 6.07) is 7.52. The number of hydrogen-bond acceptors (Lipinski definition) is 4. The fourth-order valence-electron chi connectivity index (χ4n) is 1.88. The highest BCUT2D eigenvalue weighted by Gasteiger charge is 2.14. The van der Waals surface area contributed by atoms with Gasteiger partial charge in [0.1, 0.15) is 0 Å². The zero-order valence-electron chi connectivity index (χ0n) is 11.3. The van der Waals surface area contributed by atoms with E-state index in [4.69, 9.17) is 5.73 Å². The van der Waals surface area contributed by atoms with E-state index in [0.717, 1.165) is 23.2 Å². The van der Waals surface area contributed by atoms with Gasteiger partial charge in [-0.05, 0) is 18.6 Å². The summed E-state index contributed by atoms with van der Waals surface area (Å²) < 4.78 is 1.52. The van der Waals surface area contributed by atoms with E-state index in [1.807, 2.05) is 36.0 Å². The second-order valence-corrected chi connectivity index (χ2v) is 6.07. The Kier molecular flexibility index (Phi) is 4.47. The van der Waals surface area contributed by atoms with Gasteiger partial charge in [0.15, 0.2) is 0 Å². The van der Waals surface area contributed by atoms with E-state index in [9.17, 15) is 4.79 Å². The number of fused-ring (bicyclic) bond motifs is 1. The van der Waals surface area contributed by atoms with E-state index < -0.39 is 0 Å². The molecule has 2 aromatic rings. The molecule has 0 saturated heterocycles. The van der Waals surface area contributed by atoms with E-state index in [1.54, 1.807) is 0 Å². The molecule has 0 aliphatic rings. The minimum Gasteiger partial charge on any atom is -0.369 e. The average molecular weight is 277 g/mol. The minimum atomic E-state index is 0.0157. The van der Waals surface area contributed by atoms with E-state index in [1.165, 1.54) is 4.57 Å². The van der Waals surface area contributed by atoms with Crippen LogP contribution < -0.4 is 5.73 Å². The van der Waals surface area contributed by atoms with Crippen molar-refractivity contribution in [2.75, 3.05) is 11.5 Å². The zero-order chi connectivity index (χ0) is 13.8. The Bertz CT molecular complexity index is 579. The molecule has 1 unspecified atom stereocenters. The zero-order valence-corrected chi connectivity index (χ0v) is 12.1. The summed E-state index contributed by atoms with van der Waals surface area (Å²) in [5.74, 6) is 1.11. The molecular weight excluding hydrogens is 258 g/mol. The molecule has 102 valence electrons. The van der Waals surface area contributed by atoms with Gasteiger partial charge in [0.05, 0.1) is 11.0 Å². The molecule has 0 aliphatic carbocycles.